The van der Waals surface area contributed by atoms with Gasteiger partial charge in [0.1, 0.15) is 0 Å². The summed E-state index contributed by atoms with van der Waals surface area (Å²) in [5, 5.41) is 18.1. The van der Waals surface area contributed by atoms with Gasteiger partial charge in [-0.3, -0.25) is 8.67 Å². The van der Waals surface area contributed by atoms with E-state index in [0.717, 1.165) is 12.8 Å². The molecule has 0 rings (SSSR count). The van der Waals surface area contributed by atoms with Gasteiger partial charge in [0.05, 0.1) is 20.7 Å². The van der Waals surface area contributed by atoms with Gasteiger partial charge < -0.3 is 14.8 Å². The third-order valence-corrected chi connectivity index (χ3v) is 4.11. The Hall–Kier alpha value is -0.250. The Morgan fingerprint density at radius 3 is 1.73 bits per heavy atom. The van der Waals surface area contributed by atoms with Crippen LogP contribution >= 0.6 is 0 Å². The first-order valence-electron chi connectivity index (χ1n) is 7.74. The van der Waals surface area contributed by atoms with Crippen molar-refractivity contribution < 1.29 is 31.8 Å². The fourth-order valence-corrected chi connectivity index (χ4v) is 1.68. The summed E-state index contributed by atoms with van der Waals surface area (Å²) in [5.74, 6) is 0. The maximum absolute atomic E-state index is 9.99. The molecule has 0 aliphatic heterocycles. The number of aliphatic hydroxyl groups excluding tert-OH is 2. The minimum absolute atomic E-state index is 0.0258. The lowest BCUT2D eigenvalue weighted by Gasteiger charge is -2.35. The van der Waals surface area contributed by atoms with Crippen molar-refractivity contribution in [1.29, 1.82) is 0 Å². The minimum Gasteiger partial charge on any atom is -0.726 e. The van der Waals surface area contributed by atoms with Gasteiger partial charge in [0.15, 0.2) is 12.5 Å². The summed E-state index contributed by atoms with van der Waals surface area (Å²) >= 11 is 0. The van der Waals surface area contributed by atoms with Crippen molar-refractivity contribution in [3.8, 4) is 0 Å². The highest BCUT2D eigenvalue weighted by atomic mass is 32.3. The van der Waals surface area contributed by atoms with Gasteiger partial charge in [-0.05, 0) is 6.42 Å². The molecule has 0 radical (unpaired) electrons. The first-order chi connectivity index (χ1) is 9.95. The Labute approximate surface area is 135 Å². The second-order valence-electron chi connectivity index (χ2n) is 5.89. The molecule has 0 aliphatic rings. The van der Waals surface area contributed by atoms with E-state index in [1.54, 1.807) is 27.9 Å². The first-order valence-corrected chi connectivity index (χ1v) is 9.08. The number of rotatable bonds is 10. The smallest absolute Gasteiger partial charge is 0.217 e. The number of aliphatic hydroxyl groups is 2. The molecular weight excluding hydrogens is 310 g/mol. The zero-order valence-corrected chi connectivity index (χ0v) is 15.3. The zero-order chi connectivity index (χ0) is 17.8. The number of unbranched alkanes of at least 4 members (excludes halogenated alkanes) is 5. The van der Waals surface area contributed by atoms with Crippen molar-refractivity contribution in [2.75, 3.05) is 20.7 Å². The Bertz CT molecular complexity index is 344. The van der Waals surface area contributed by atoms with Gasteiger partial charge in [0, 0.05) is 13.8 Å². The fraction of sp³-hybridized carbons (Fsp3) is 1.00. The van der Waals surface area contributed by atoms with E-state index < -0.39 is 22.9 Å². The van der Waals surface area contributed by atoms with E-state index in [1.807, 2.05) is 0 Å². The molecule has 0 aromatic rings. The van der Waals surface area contributed by atoms with Crippen LogP contribution in [0.15, 0.2) is 0 Å². The van der Waals surface area contributed by atoms with Crippen molar-refractivity contribution in [2.45, 2.75) is 71.8 Å². The Morgan fingerprint density at radius 1 is 1.00 bits per heavy atom. The third-order valence-electron chi connectivity index (χ3n) is 3.65. The van der Waals surface area contributed by atoms with Crippen LogP contribution in [-0.2, 0) is 14.6 Å². The fourth-order valence-electron chi connectivity index (χ4n) is 1.36. The lowest BCUT2D eigenvalue weighted by atomic mass is 10.1. The molecule has 2 atom stereocenters. The number of hydrogen-bond acceptors (Lipinski definition) is 6. The summed E-state index contributed by atoms with van der Waals surface area (Å²) in [6.07, 6.45) is 5.17. The normalized spacial score (nSPS) is 14.9. The van der Waals surface area contributed by atoms with Gasteiger partial charge >= 0.3 is 0 Å². The molecule has 0 saturated heterocycles. The van der Waals surface area contributed by atoms with Crippen molar-refractivity contribution in [2.24, 2.45) is 0 Å². The average molecular weight is 343 g/mol. The van der Waals surface area contributed by atoms with Crippen molar-refractivity contribution >= 4 is 10.4 Å². The standard InChI is InChI=1S/C8H18O4S.C6H16NO2/c1-2-3-4-5-6-7-8-12-13(9,10)11;1-5(8)7(3,4)6(2)9/h2-8H2,1H3,(H,9,10,11);5-6,8-9H,1-4H3/q;+1/p-1. The van der Waals surface area contributed by atoms with Gasteiger partial charge in [-0.25, -0.2) is 8.42 Å². The maximum Gasteiger partial charge on any atom is 0.217 e. The van der Waals surface area contributed by atoms with Crippen LogP contribution in [0.5, 0.6) is 0 Å². The molecule has 0 bridgehead atoms. The second-order valence-corrected chi connectivity index (χ2v) is 6.94. The van der Waals surface area contributed by atoms with Crippen LogP contribution in [0.25, 0.3) is 0 Å². The van der Waals surface area contributed by atoms with Gasteiger partial charge in [-0.1, -0.05) is 39.0 Å². The number of nitrogens with zero attached hydrogens (tertiary/aromatic N) is 1. The molecule has 2 unspecified atom stereocenters. The lowest BCUT2D eigenvalue weighted by molar-refractivity contribution is -0.974. The van der Waals surface area contributed by atoms with Gasteiger partial charge in [0.25, 0.3) is 0 Å². The quantitative estimate of drug-likeness (QED) is 0.205. The first kappa shape index (κ1) is 24.0. The van der Waals surface area contributed by atoms with E-state index in [1.165, 1.54) is 19.3 Å². The topological polar surface area (TPSA) is 107 Å². The molecule has 0 aromatic heterocycles. The summed E-state index contributed by atoms with van der Waals surface area (Å²) in [4.78, 5) is 0. The highest BCUT2D eigenvalue weighted by molar-refractivity contribution is 7.80. The van der Waals surface area contributed by atoms with Crippen LogP contribution in [0, 0.1) is 0 Å². The Balaban J connectivity index is 0. The predicted octanol–water partition coefficient (Wildman–Crippen LogP) is 1.56. The number of hydrogen-bond donors (Lipinski definition) is 2. The summed E-state index contributed by atoms with van der Waals surface area (Å²) in [6, 6.07) is 0. The second kappa shape index (κ2) is 12.2. The molecule has 0 aromatic carbocycles. The Kier molecular flexibility index (Phi) is 13.3. The third kappa shape index (κ3) is 14.7. The molecule has 0 amide bonds. The molecule has 2 N–H and O–H groups in total. The largest absolute Gasteiger partial charge is 0.726 e. The van der Waals surface area contributed by atoms with Crippen molar-refractivity contribution in [1.82, 2.24) is 0 Å². The van der Waals surface area contributed by atoms with Gasteiger partial charge in [-0.2, -0.15) is 0 Å². The van der Waals surface area contributed by atoms with Crippen LogP contribution in [0.2, 0.25) is 0 Å². The van der Waals surface area contributed by atoms with Gasteiger partial charge in [0.2, 0.25) is 10.4 Å². The van der Waals surface area contributed by atoms with Crippen molar-refractivity contribution in [3.05, 3.63) is 0 Å². The van der Waals surface area contributed by atoms with Crippen LogP contribution in [0.4, 0.5) is 0 Å². The van der Waals surface area contributed by atoms with E-state index in [9.17, 15) is 13.0 Å². The molecule has 0 aliphatic carbocycles. The SMILES string of the molecule is CC(O)[N+](C)(C)C(C)O.CCCCCCCCOS(=O)(=O)[O-]. The lowest BCUT2D eigenvalue weighted by Crippen LogP contribution is -2.53. The van der Waals surface area contributed by atoms with Crippen LogP contribution in [0.3, 0.4) is 0 Å². The van der Waals surface area contributed by atoms with Gasteiger partial charge in [-0.15, -0.1) is 0 Å². The molecular formula is C14H33NO6S. The van der Waals surface area contributed by atoms with E-state index in [-0.39, 0.29) is 11.1 Å². The molecule has 0 heterocycles. The summed E-state index contributed by atoms with van der Waals surface area (Å²) < 4.78 is 34.2. The summed E-state index contributed by atoms with van der Waals surface area (Å²) in [5.41, 5.74) is 0. The predicted molar refractivity (Wildman–Crippen MR) is 84.5 cm³/mol. The summed E-state index contributed by atoms with van der Waals surface area (Å²) in [6.45, 7) is 5.48. The monoisotopic (exact) mass is 343 g/mol. The van der Waals surface area contributed by atoms with Crippen LogP contribution in [-0.4, -0.2) is 60.8 Å². The van der Waals surface area contributed by atoms with E-state index in [2.05, 4.69) is 11.1 Å². The highest BCUT2D eigenvalue weighted by Crippen LogP contribution is 2.07. The minimum atomic E-state index is -4.47. The van der Waals surface area contributed by atoms with Crippen LogP contribution < -0.4 is 0 Å². The maximum atomic E-state index is 9.99. The number of quaternary nitrogens is 1. The van der Waals surface area contributed by atoms with Crippen LogP contribution in [0.1, 0.15) is 59.3 Å². The van der Waals surface area contributed by atoms with E-state index >= 15 is 0 Å². The van der Waals surface area contributed by atoms with E-state index in [0.29, 0.717) is 6.42 Å². The van der Waals surface area contributed by atoms with Crippen molar-refractivity contribution in [3.63, 3.8) is 0 Å². The molecule has 0 fully saturated rings. The molecule has 136 valence electrons. The Morgan fingerprint density at radius 2 is 1.41 bits per heavy atom. The van der Waals surface area contributed by atoms with E-state index in [4.69, 9.17) is 10.2 Å². The average Bonchev–Trinajstić information content (AvgIpc) is 2.36. The molecule has 22 heavy (non-hydrogen) atoms. The highest BCUT2D eigenvalue weighted by Gasteiger charge is 2.26. The zero-order valence-electron chi connectivity index (χ0n) is 14.5. The molecule has 0 spiro atoms. The molecule has 7 nitrogen and oxygen atoms in total. The molecule has 8 heteroatoms. The summed E-state index contributed by atoms with van der Waals surface area (Å²) in [7, 11) is -0.925. The molecule has 0 saturated carbocycles.